The molecule has 0 aliphatic heterocycles. The van der Waals surface area contributed by atoms with Crippen LogP contribution in [0.5, 0.6) is 0 Å². The Morgan fingerprint density at radius 2 is 0.365 bits per heavy atom. The highest BCUT2D eigenvalue weighted by atomic mass is 14.4. The zero-order chi connectivity index (χ0) is 45.9. The molecule has 0 amide bonds. The lowest BCUT2D eigenvalue weighted by Crippen LogP contribution is -2.32. The van der Waals surface area contributed by atoms with Crippen LogP contribution in [-0.2, 0) is 37.5 Å². The summed E-state index contributed by atoms with van der Waals surface area (Å²) in [5, 5.41) is 0. The van der Waals surface area contributed by atoms with Gasteiger partial charge in [-0.15, -0.1) is 0 Å². The summed E-state index contributed by atoms with van der Waals surface area (Å²) in [6.07, 6.45) is 67.8. The van der Waals surface area contributed by atoms with Gasteiger partial charge in [0.25, 0.3) is 0 Å². The van der Waals surface area contributed by atoms with E-state index in [0.717, 1.165) is 0 Å². The van der Waals surface area contributed by atoms with Crippen LogP contribution in [0.15, 0.2) is 0 Å². The van der Waals surface area contributed by atoms with E-state index in [1.807, 2.05) is 27.8 Å². The fourth-order valence-electron chi connectivity index (χ4n) is 11.6. The molecule has 1 aromatic rings. The van der Waals surface area contributed by atoms with E-state index in [9.17, 15) is 0 Å². The van der Waals surface area contributed by atoms with E-state index in [2.05, 4.69) is 61.0 Å². The molecule has 0 aliphatic rings. The van der Waals surface area contributed by atoms with Crippen LogP contribution in [0.2, 0.25) is 0 Å². The van der Waals surface area contributed by atoms with Gasteiger partial charge in [-0.3, -0.25) is 0 Å². The summed E-state index contributed by atoms with van der Waals surface area (Å²) in [7, 11) is 0. The van der Waals surface area contributed by atoms with E-state index in [1.165, 1.54) is 308 Å². The fraction of sp³-hybridized carbons (Fsp3) is 0.905. The number of rotatable bonds is 49. The molecular weight excluding hydrogens is 757 g/mol. The Bertz CT molecular complexity index is 1020. The molecule has 372 valence electrons. The minimum Gasteiger partial charge on any atom is -0.0654 e. The summed E-state index contributed by atoms with van der Waals surface area (Å²) in [6, 6.07) is 0. The molecule has 0 unspecified atom stereocenters. The van der Waals surface area contributed by atoms with Crippen LogP contribution in [0.3, 0.4) is 0 Å². The van der Waals surface area contributed by atoms with Crippen molar-refractivity contribution in [3.05, 3.63) is 33.4 Å². The number of unbranched alkanes of at least 4 members (excludes halogenated alkanes) is 32. The molecule has 1 rings (SSSR count). The molecule has 63 heavy (non-hydrogen) atoms. The van der Waals surface area contributed by atoms with Crippen LogP contribution in [-0.4, -0.2) is 0 Å². The van der Waals surface area contributed by atoms with Crippen LogP contribution < -0.4 is 0 Å². The largest absolute Gasteiger partial charge is 0.0654 e. The summed E-state index contributed by atoms with van der Waals surface area (Å²) in [4.78, 5) is 0. The smallest absolute Gasteiger partial charge is 0.00413 e. The number of hydrogen-bond acceptors (Lipinski definition) is 0. The highest BCUT2D eigenvalue weighted by molar-refractivity contribution is 5.56. The minimum absolute atomic E-state index is 0.357. The molecule has 0 fully saturated rings. The van der Waals surface area contributed by atoms with Gasteiger partial charge in [0.05, 0.1) is 0 Å². The Balaban J connectivity index is 4.46. The van der Waals surface area contributed by atoms with Crippen molar-refractivity contribution in [3.8, 4) is 0 Å². The molecule has 0 bridgehead atoms. The molecule has 0 heterocycles. The minimum atomic E-state index is 0.357. The quantitative estimate of drug-likeness (QED) is 0.0572. The third-order valence-corrected chi connectivity index (χ3v) is 15.5. The first-order valence-electron chi connectivity index (χ1n) is 30.2. The van der Waals surface area contributed by atoms with E-state index >= 15 is 0 Å². The van der Waals surface area contributed by atoms with Gasteiger partial charge < -0.3 is 0 Å². The third-order valence-electron chi connectivity index (χ3n) is 15.5. The average molecular weight is 878 g/mol. The standard InChI is InChI=1S/C63H120/c1-9-17-25-33-41-49-57-58(50-42-34-26-18-10-2)60(52-44-36-28-20-12-4)62(61(53-45-37-29-21-13-5)59(57)51-43-35-27-19-11-3)63(54-46-38-30-22-14-6,55-47-39-31-23-15-7)56-48-40-32-24-16-8/h9-56H2,1-8H3. The van der Waals surface area contributed by atoms with Crippen LogP contribution in [0, 0.1) is 0 Å². The van der Waals surface area contributed by atoms with Gasteiger partial charge in [-0.05, 0) is 122 Å². The Morgan fingerprint density at radius 1 is 0.190 bits per heavy atom. The van der Waals surface area contributed by atoms with Crippen molar-refractivity contribution in [2.75, 3.05) is 0 Å². The van der Waals surface area contributed by atoms with Gasteiger partial charge in [0.15, 0.2) is 0 Å². The van der Waals surface area contributed by atoms with Crippen molar-refractivity contribution in [1.82, 2.24) is 0 Å². The Morgan fingerprint density at radius 3 is 0.587 bits per heavy atom. The van der Waals surface area contributed by atoms with Crippen molar-refractivity contribution in [3.63, 3.8) is 0 Å². The lowest BCUT2D eigenvalue weighted by Gasteiger charge is -2.42. The highest BCUT2D eigenvalue weighted by Crippen LogP contribution is 2.48. The van der Waals surface area contributed by atoms with Crippen molar-refractivity contribution in [2.24, 2.45) is 0 Å². The number of benzene rings is 1. The molecule has 1 aromatic carbocycles. The summed E-state index contributed by atoms with van der Waals surface area (Å²) in [5.74, 6) is 0. The maximum atomic E-state index is 2.41. The lowest BCUT2D eigenvalue weighted by molar-refractivity contribution is 0.294. The maximum Gasteiger partial charge on any atom is -0.00413 e. The zero-order valence-electron chi connectivity index (χ0n) is 45.4. The number of hydrogen-bond donors (Lipinski definition) is 0. The summed E-state index contributed by atoms with van der Waals surface area (Å²) in [5.41, 5.74) is 12.2. The van der Waals surface area contributed by atoms with Crippen LogP contribution in [0.4, 0.5) is 0 Å². The van der Waals surface area contributed by atoms with Gasteiger partial charge in [-0.2, -0.15) is 0 Å². The molecule has 0 heteroatoms. The Kier molecular flexibility index (Phi) is 41.8. The lowest BCUT2D eigenvalue weighted by atomic mass is 9.63. The second-order valence-corrected chi connectivity index (χ2v) is 21.4. The second-order valence-electron chi connectivity index (χ2n) is 21.4. The first kappa shape index (κ1) is 60.2. The van der Waals surface area contributed by atoms with Crippen molar-refractivity contribution >= 4 is 0 Å². The average Bonchev–Trinajstić information content (AvgIpc) is 3.29. The first-order chi connectivity index (χ1) is 31.0. The van der Waals surface area contributed by atoms with Crippen molar-refractivity contribution < 1.29 is 0 Å². The van der Waals surface area contributed by atoms with Gasteiger partial charge >= 0.3 is 0 Å². The second kappa shape index (κ2) is 43.8. The van der Waals surface area contributed by atoms with Gasteiger partial charge in [0.2, 0.25) is 0 Å². The van der Waals surface area contributed by atoms with Gasteiger partial charge in [0, 0.05) is 0 Å². The fourth-order valence-corrected chi connectivity index (χ4v) is 11.6. The molecule has 0 aliphatic carbocycles. The predicted molar refractivity (Wildman–Crippen MR) is 291 cm³/mol. The summed E-state index contributed by atoms with van der Waals surface area (Å²) < 4.78 is 0. The Labute approximate surface area is 400 Å². The van der Waals surface area contributed by atoms with Crippen molar-refractivity contribution in [1.29, 1.82) is 0 Å². The molecular formula is C63H120. The van der Waals surface area contributed by atoms with E-state index in [0.29, 0.717) is 5.41 Å². The van der Waals surface area contributed by atoms with Gasteiger partial charge in [-0.25, -0.2) is 0 Å². The zero-order valence-corrected chi connectivity index (χ0v) is 45.4. The van der Waals surface area contributed by atoms with E-state index in [-0.39, 0.29) is 0 Å². The first-order valence-corrected chi connectivity index (χ1v) is 30.2. The van der Waals surface area contributed by atoms with Crippen LogP contribution in [0.25, 0.3) is 0 Å². The molecule has 0 saturated carbocycles. The van der Waals surface area contributed by atoms with Gasteiger partial charge in [-0.1, -0.05) is 280 Å². The molecule has 0 radical (unpaired) electrons. The van der Waals surface area contributed by atoms with Crippen molar-refractivity contribution in [2.45, 2.75) is 369 Å². The van der Waals surface area contributed by atoms with Crippen LogP contribution >= 0.6 is 0 Å². The normalized spacial score (nSPS) is 12.0. The molecule has 0 aromatic heterocycles. The molecule has 0 atom stereocenters. The monoisotopic (exact) mass is 877 g/mol. The topological polar surface area (TPSA) is 0 Å². The molecule has 0 saturated heterocycles. The van der Waals surface area contributed by atoms with E-state index < -0.39 is 0 Å². The van der Waals surface area contributed by atoms with E-state index in [1.54, 1.807) is 0 Å². The molecule has 0 N–H and O–H groups in total. The maximum absolute atomic E-state index is 2.41. The SMILES string of the molecule is CCCCCCCc1c(CCCCCCC)c(CCCCCCC)c(C(CCCCCCC)(CCCCCCC)CCCCCCC)c(CCCCCCC)c1CCCCCCC. The molecule has 0 nitrogen and oxygen atoms in total. The summed E-state index contributed by atoms with van der Waals surface area (Å²) >= 11 is 0. The predicted octanol–water partition coefficient (Wildman–Crippen LogP) is 22.6. The third kappa shape index (κ3) is 27.6. The van der Waals surface area contributed by atoms with Gasteiger partial charge in [0.1, 0.15) is 0 Å². The summed E-state index contributed by atoms with van der Waals surface area (Å²) in [6.45, 7) is 19.3. The highest BCUT2D eigenvalue weighted by Gasteiger charge is 2.37. The van der Waals surface area contributed by atoms with E-state index in [4.69, 9.17) is 0 Å². The Hall–Kier alpha value is -0.780. The molecule has 0 spiro atoms. The van der Waals surface area contributed by atoms with Crippen LogP contribution in [0.1, 0.15) is 365 Å².